The summed E-state index contributed by atoms with van der Waals surface area (Å²) in [6, 6.07) is 24.1. The lowest BCUT2D eigenvalue weighted by molar-refractivity contribution is -0.124. The number of nitrogens with one attached hydrogen (secondary N) is 2. The van der Waals surface area contributed by atoms with Crippen LogP contribution < -0.4 is 15.6 Å². The average Bonchev–Trinajstić information content (AvgIpc) is 3.22. The van der Waals surface area contributed by atoms with Crippen LogP contribution in [0.2, 0.25) is 10.0 Å². The first-order valence-corrected chi connectivity index (χ1v) is 14.6. The number of pyridine rings is 1. The average molecular weight is 647 g/mol. The van der Waals surface area contributed by atoms with E-state index in [1.165, 1.54) is 21.9 Å². The van der Waals surface area contributed by atoms with Gasteiger partial charge in [0.05, 0.1) is 11.3 Å². The van der Waals surface area contributed by atoms with Crippen molar-refractivity contribution in [2.45, 2.75) is 25.6 Å². The maximum absolute atomic E-state index is 14.0. The minimum Gasteiger partial charge on any atom is -0.306 e. The van der Waals surface area contributed by atoms with Crippen molar-refractivity contribution in [1.29, 1.82) is 0 Å². The normalized spacial score (nSPS) is 16.0. The fourth-order valence-electron chi connectivity index (χ4n) is 5.05. The van der Waals surface area contributed by atoms with Crippen LogP contribution in [0.5, 0.6) is 0 Å². The number of carbonyl (C=O) groups is 3. The van der Waals surface area contributed by atoms with Crippen molar-refractivity contribution in [1.82, 2.24) is 20.4 Å². The van der Waals surface area contributed by atoms with Crippen LogP contribution in [0, 0.1) is 0 Å². The summed E-state index contributed by atoms with van der Waals surface area (Å²) in [5, 5.41) is 19.4. The third-order valence-corrected chi connectivity index (χ3v) is 7.68. The third kappa shape index (κ3) is 6.91. The number of hydrogen-bond donors (Lipinski definition) is 3. The molecule has 1 aromatic heterocycles. The van der Waals surface area contributed by atoms with E-state index in [1.807, 2.05) is 30.3 Å². The highest BCUT2D eigenvalue weighted by Crippen LogP contribution is 2.38. The van der Waals surface area contributed by atoms with Crippen molar-refractivity contribution < 1.29 is 19.6 Å². The minimum atomic E-state index is -1.30. The van der Waals surface area contributed by atoms with E-state index in [0.29, 0.717) is 32.2 Å². The van der Waals surface area contributed by atoms with Crippen LogP contribution >= 0.6 is 23.2 Å². The van der Waals surface area contributed by atoms with Crippen molar-refractivity contribution >= 4 is 58.3 Å². The number of amides is 5. The van der Waals surface area contributed by atoms with E-state index in [2.05, 4.69) is 20.8 Å². The van der Waals surface area contributed by atoms with Crippen LogP contribution in [0.4, 0.5) is 21.0 Å². The van der Waals surface area contributed by atoms with Gasteiger partial charge >= 0.3 is 12.1 Å². The van der Waals surface area contributed by atoms with Gasteiger partial charge in [0.1, 0.15) is 6.54 Å². The number of carbonyl (C=O) groups excluding carboxylic acids is 3. The fourth-order valence-corrected chi connectivity index (χ4v) is 5.43. The van der Waals surface area contributed by atoms with Crippen molar-refractivity contribution in [2.75, 3.05) is 16.8 Å². The van der Waals surface area contributed by atoms with E-state index in [9.17, 15) is 19.6 Å². The second kappa shape index (κ2) is 13.3. The Morgan fingerprint density at radius 1 is 0.933 bits per heavy atom. The number of hydroxylamine groups is 2. The SMILES string of the molecule is CC1(C)[C@H](N(O)C(=O)Nc2cccc(Cl)c2)N(c2cccc(Cl)c2)C(=O)N1CC(=O)N/N=C(\c1ccccc1)c1ccncc1. The zero-order valence-corrected chi connectivity index (χ0v) is 25.8. The van der Waals surface area contributed by atoms with Gasteiger partial charge in [0.15, 0.2) is 6.17 Å². The lowest BCUT2D eigenvalue weighted by Crippen LogP contribution is -2.58. The molecule has 1 atom stereocenters. The van der Waals surface area contributed by atoms with Gasteiger partial charge in [-0.05, 0) is 62.4 Å². The molecule has 13 heteroatoms. The summed E-state index contributed by atoms with van der Waals surface area (Å²) in [4.78, 5) is 47.1. The number of rotatable bonds is 8. The van der Waals surface area contributed by atoms with Gasteiger partial charge in [-0.25, -0.2) is 15.0 Å². The van der Waals surface area contributed by atoms with Gasteiger partial charge in [-0.2, -0.15) is 10.2 Å². The molecule has 4 aromatic rings. The Hall–Kier alpha value is -4.97. The van der Waals surface area contributed by atoms with Gasteiger partial charge in [0.2, 0.25) is 0 Å². The summed E-state index contributed by atoms with van der Waals surface area (Å²) in [5.41, 5.74) is 3.89. The Labute approximate surface area is 269 Å². The zero-order chi connectivity index (χ0) is 32.1. The highest BCUT2D eigenvalue weighted by atomic mass is 35.5. The van der Waals surface area contributed by atoms with E-state index < -0.39 is 36.2 Å². The van der Waals surface area contributed by atoms with E-state index in [-0.39, 0.29) is 0 Å². The number of urea groups is 2. The number of benzene rings is 3. The molecule has 0 unspecified atom stereocenters. The van der Waals surface area contributed by atoms with E-state index >= 15 is 0 Å². The summed E-state index contributed by atoms with van der Waals surface area (Å²) in [6.45, 7) is 2.84. The number of anilines is 2. The van der Waals surface area contributed by atoms with Crippen LogP contribution in [-0.2, 0) is 4.79 Å². The molecular formula is C32H29Cl2N7O4. The Morgan fingerprint density at radius 3 is 2.24 bits per heavy atom. The topological polar surface area (TPSA) is 130 Å². The highest BCUT2D eigenvalue weighted by Gasteiger charge is 2.56. The standard InChI is InChI=1S/C32H29Cl2N7O4/c1-32(2)29(41(45)30(43)36-25-12-6-10-23(33)18-25)40(26-13-7-11-24(34)19-26)31(44)39(32)20-27(42)37-38-28(21-8-4-3-5-9-21)22-14-16-35-17-15-22/h3-19,29,45H,20H2,1-2H3,(H,36,43)(H,37,42)/b38-28+/t29-/m0/s1. The van der Waals surface area contributed by atoms with Crippen molar-refractivity contribution in [3.63, 3.8) is 0 Å². The van der Waals surface area contributed by atoms with Gasteiger partial charge in [-0.15, -0.1) is 0 Å². The number of hydrazone groups is 1. The van der Waals surface area contributed by atoms with E-state index in [0.717, 1.165) is 11.1 Å². The summed E-state index contributed by atoms with van der Waals surface area (Å²) in [7, 11) is 0. The largest absolute Gasteiger partial charge is 0.347 e. The highest BCUT2D eigenvalue weighted by molar-refractivity contribution is 6.31. The van der Waals surface area contributed by atoms with Crippen molar-refractivity contribution in [3.05, 3.63) is 125 Å². The zero-order valence-electron chi connectivity index (χ0n) is 24.3. The van der Waals surface area contributed by atoms with Crippen LogP contribution in [0.3, 0.4) is 0 Å². The van der Waals surface area contributed by atoms with Gasteiger partial charge in [-0.1, -0.05) is 65.7 Å². The van der Waals surface area contributed by atoms with Gasteiger partial charge < -0.3 is 10.2 Å². The van der Waals surface area contributed by atoms with Gasteiger partial charge in [-0.3, -0.25) is 19.9 Å². The number of halogens is 2. The second-order valence-electron chi connectivity index (χ2n) is 10.6. The lowest BCUT2D eigenvalue weighted by Gasteiger charge is -2.38. The third-order valence-electron chi connectivity index (χ3n) is 7.21. The summed E-state index contributed by atoms with van der Waals surface area (Å²) >= 11 is 12.3. The van der Waals surface area contributed by atoms with Gasteiger partial charge in [0, 0.05) is 44.9 Å². The molecule has 5 amide bonds. The second-order valence-corrected chi connectivity index (χ2v) is 11.5. The maximum atomic E-state index is 14.0. The van der Waals surface area contributed by atoms with Crippen LogP contribution in [0.25, 0.3) is 0 Å². The van der Waals surface area contributed by atoms with E-state index in [4.69, 9.17) is 23.2 Å². The molecule has 45 heavy (non-hydrogen) atoms. The number of nitrogens with zero attached hydrogens (tertiary/aromatic N) is 5. The predicted octanol–water partition coefficient (Wildman–Crippen LogP) is 6.23. The predicted molar refractivity (Wildman–Crippen MR) is 172 cm³/mol. The quantitative estimate of drug-likeness (QED) is 0.119. The Balaban J connectivity index is 1.43. The first-order chi connectivity index (χ1) is 21.6. The monoisotopic (exact) mass is 645 g/mol. The van der Waals surface area contributed by atoms with Crippen molar-refractivity contribution in [3.8, 4) is 0 Å². The summed E-state index contributed by atoms with van der Waals surface area (Å²) in [6.07, 6.45) is 1.96. The van der Waals surface area contributed by atoms with Crippen LogP contribution in [0.15, 0.2) is 108 Å². The van der Waals surface area contributed by atoms with Crippen molar-refractivity contribution in [2.24, 2.45) is 5.10 Å². The maximum Gasteiger partial charge on any atom is 0.347 e. The molecule has 1 saturated heterocycles. The molecule has 3 aromatic carbocycles. The Kier molecular flexibility index (Phi) is 9.33. The summed E-state index contributed by atoms with van der Waals surface area (Å²) in [5.74, 6) is -0.599. The first kappa shape index (κ1) is 31.5. The Morgan fingerprint density at radius 2 is 1.58 bits per heavy atom. The molecule has 3 N–H and O–H groups in total. The molecule has 1 fully saturated rings. The fraction of sp³-hybridized carbons (Fsp3) is 0.156. The first-order valence-electron chi connectivity index (χ1n) is 13.8. The minimum absolute atomic E-state index is 0.310. The molecule has 0 radical (unpaired) electrons. The van der Waals surface area contributed by atoms with Crippen LogP contribution in [0.1, 0.15) is 25.0 Å². The smallest absolute Gasteiger partial charge is 0.306 e. The molecule has 1 aliphatic rings. The molecule has 1 aliphatic heterocycles. The molecule has 2 heterocycles. The molecule has 0 aliphatic carbocycles. The molecule has 0 bridgehead atoms. The molecule has 230 valence electrons. The molecular weight excluding hydrogens is 617 g/mol. The number of hydrogen-bond acceptors (Lipinski definition) is 6. The summed E-state index contributed by atoms with van der Waals surface area (Å²) < 4.78 is 0. The molecule has 5 rings (SSSR count). The molecule has 11 nitrogen and oxygen atoms in total. The Bertz CT molecular complexity index is 1700. The molecule has 0 spiro atoms. The van der Waals surface area contributed by atoms with E-state index in [1.54, 1.807) is 74.8 Å². The van der Waals surface area contributed by atoms with Crippen LogP contribution in [-0.4, -0.2) is 62.1 Å². The lowest BCUT2D eigenvalue weighted by atomic mass is 9.99. The van der Waals surface area contributed by atoms with Gasteiger partial charge in [0.25, 0.3) is 5.91 Å². The number of aromatic nitrogens is 1. The molecule has 0 saturated carbocycles.